The standard InChI is InChI=1S/C23H31ClN2O/c1-15-7-4-10-20-17(15)8-6-12-26(20)22(27)13-16(2)18-14-25(3)21-11-5-9-19(24)23(18)21/h5,9,11,14-17,20H,4,6-8,10,12-13H2,1-3H3. The predicted molar refractivity (Wildman–Crippen MR) is 112 cm³/mol. The van der Waals surface area contributed by atoms with Crippen LogP contribution in [-0.4, -0.2) is 28.0 Å². The minimum Gasteiger partial charge on any atom is -0.350 e. The van der Waals surface area contributed by atoms with Crippen LogP contribution in [0.2, 0.25) is 5.02 Å². The lowest BCUT2D eigenvalue weighted by molar-refractivity contribution is -0.138. The number of hydrogen-bond donors (Lipinski definition) is 0. The van der Waals surface area contributed by atoms with Gasteiger partial charge in [-0.2, -0.15) is 0 Å². The number of rotatable bonds is 3. The molecule has 4 unspecified atom stereocenters. The van der Waals surface area contributed by atoms with Gasteiger partial charge in [0.25, 0.3) is 0 Å². The quantitative estimate of drug-likeness (QED) is 0.659. The first-order chi connectivity index (χ1) is 13.0. The van der Waals surface area contributed by atoms with Crippen molar-refractivity contribution < 1.29 is 4.79 Å². The largest absolute Gasteiger partial charge is 0.350 e. The molecule has 2 heterocycles. The van der Waals surface area contributed by atoms with Gasteiger partial charge in [0.05, 0.1) is 5.02 Å². The summed E-state index contributed by atoms with van der Waals surface area (Å²) in [7, 11) is 2.05. The van der Waals surface area contributed by atoms with Crippen molar-refractivity contribution in [2.75, 3.05) is 6.54 Å². The van der Waals surface area contributed by atoms with E-state index in [1.165, 1.54) is 31.2 Å². The Hall–Kier alpha value is -1.48. The molecule has 1 amide bonds. The van der Waals surface area contributed by atoms with E-state index in [0.29, 0.717) is 24.3 Å². The van der Waals surface area contributed by atoms with Crippen molar-refractivity contribution in [3.8, 4) is 0 Å². The summed E-state index contributed by atoms with van der Waals surface area (Å²) in [5, 5.41) is 1.88. The fourth-order valence-electron chi connectivity index (χ4n) is 5.59. The van der Waals surface area contributed by atoms with E-state index >= 15 is 0 Å². The van der Waals surface area contributed by atoms with Crippen molar-refractivity contribution in [2.45, 2.75) is 64.3 Å². The molecule has 3 nitrogen and oxygen atoms in total. The number of hydrogen-bond acceptors (Lipinski definition) is 1. The summed E-state index contributed by atoms with van der Waals surface area (Å²) < 4.78 is 2.12. The summed E-state index contributed by atoms with van der Waals surface area (Å²) in [6.07, 6.45) is 8.96. The van der Waals surface area contributed by atoms with Crippen LogP contribution in [0.25, 0.3) is 10.9 Å². The number of halogens is 1. The average Bonchev–Trinajstić information content (AvgIpc) is 3.00. The van der Waals surface area contributed by atoms with Gasteiger partial charge in [-0.15, -0.1) is 0 Å². The molecular formula is C23H31ClN2O. The molecule has 1 aromatic carbocycles. The fraction of sp³-hybridized carbons (Fsp3) is 0.609. The summed E-state index contributed by atoms with van der Waals surface area (Å²) in [5.74, 6) is 1.96. The van der Waals surface area contributed by atoms with Gasteiger partial charge in [-0.3, -0.25) is 4.79 Å². The molecule has 146 valence electrons. The molecule has 0 bridgehead atoms. The molecule has 1 aliphatic carbocycles. The second-order valence-corrected chi connectivity index (χ2v) is 9.21. The molecule has 1 saturated carbocycles. The molecular weight excluding hydrogens is 356 g/mol. The van der Waals surface area contributed by atoms with Crippen LogP contribution in [0.5, 0.6) is 0 Å². The van der Waals surface area contributed by atoms with Crippen LogP contribution in [0.3, 0.4) is 0 Å². The lowest BCUT2D eigenvalue weighted by Crippen LogP contribution is -2.51. The predicted octanol–water partition coefficient (Wildman–Crippen LogP) is 5.75. The smallest absolute Gasteiger partial charge is 0.223 e. The van der Waals surface area contributed by atoms with E-state index in [9.17, 15) is 4.79 Å². The lowest BCUT2D eigenvalue weighted by atomic mass is 9.72. The van der Waals surface area contributed by atoms with Gasteiger partial charge < -0.3 is 9.47 Å². The zero-order chi connectivity index (χ0) is 19.1. The SMILES string of the molecule is CC(CC(=O)N1CCCC2C(C)CCCC21)c1cn(C)c2cccc(Cl)c12. The van der Waals surface area contributed by atoms with Crippen LogP contribution < -0.4 is 0 Å². The number of fused-ring (bicyclic) bond motifs is 2. The number of nitrogens with zero attached hydrogens (tertiary/aromatic N) is 2. The third kappa shape index (κ3) is 3.40. The Morgan fingerprint density at radius 1 is 1.26 bits per heavy atom. The molecule has 4 rings (SSSR count). The highest BCUT2D eigenvalue weighted by atomic mass is 35.5. The van der Waals surface area contributed by atoms with Crippen LogP contribution in [-0.2, 0) is 11.8 Å². The summed E-state index contributed by atoms with van der Waals surface area (Å²) in [6, 6.07) is 6.50. The van der Waals surface area contributed by atoms with Gasteiger partial charge >= 0.3 is 0 Å². The van der Waals surface area contributed by atoms with E-state index in [0.717, 1.165) is 34.8 Å². The zero-order valence-electron chi connectivity index (χ0n) is 16.7. The first kappa shape index (κ1) is 18.9. The van der Waals surface area contributed by atoms with Crippen molar-refractivity contribution in [3.05, 3.63) is 35.0 Å². The van der Waals surface area contributed by atoms with E-state index < -0.39 is 0 Å². The molecule has 0 spiro atoms. The highest BCUT2D eigenvalue weighted by Gasteiger charge is 2.39. The molecule has 2 aromatic rings. The molecule has 2 fully saturated rings. The normalized spacial score (nSPS) is 26.8. The molecule has 4 atom stereocenters. The number of piperidine rings is 1. The maximum Gasteiger partial charge on any atom is 0.223 e. The Morgan fingerprint density at radius 2 is 2.07 bits per heavy atom. The summed E-state index contributed by atoms with van der Waals surface area (Å²) in [5.41, 5.74) is 2.33. The Bertz CT molecular complexity index is 842. The first-order valence-electron chi connectivity index (χ1n) is 10.5. The topological polar surface area (TPSA) is 25.2 Å². The maximum atomic E-state index is 13.3. The van der Waals surface area contributed by atoms with Crippen LogP contribution in [0.4, 0.5) is 0 Å². The molecule has 4 heteroatoms. The van der Waals surface area contributed by atoms with Crippen molar-refractivity contribution in [3.63, 3.8) is 0 Å². The molecule has 27 heavy (non-hydrogen) atoms. The van der Waals surface area contributed by atoms with Gasteiger partial charge in [0.2, 0.25) is 5.91 Å². The van der Waals surface area contributed by atoms with E-state index in [-0.39, 0.29) is 5.92 Å². The second kappa shape index (κ2) is 7.50. The number of carbonyl (C=O) groups is 1. The summed E-state index contributed by atoms with van der Waals surface area (Å²) in [6.45, 7) is 5.49. The third-order valence-electron chi connectivity index (χ3n) is 7.05. The molecule has 1 saturated heterocycles. The van der Waals surface area contributed by atoms with Crippen molar-refractivity contribution >= 4 is 28.4 Å². The highest BCUT2D eigenvalue weighted by Crippen LogP contribution is 2.40. The third-order valence-corrected chi connectivity index (χ3v) is 7.36. The Morgan fingerprint density at radius 3 is 2.89 bits per heavy atom. The zero-order valence-corrected chi connectivity index (χ0v) is 17.5. The second-order valence-electron chi connectivity index (χ2n) is 8.80. The fourth-order valence-corrected chi connectivity index (χ4v) is 5.87. The number of amides is 1. The van der Waals surface area contributed by atoms with E-state index in [2.05, 4.69) is 42.6 Å². The number of aromatic nitrogens is 1. The van der Waals surface area contributed by atoms with Crippen LogP contribution in [0.1, 0.15) is 63.9 Å². The van der Waals surface area contributed by atoms with Gasteiger partial charge in [0.15, 0.2) is 0 Å². The van der Waals surface area contributed by atoms with Gasteiger partial charge in [-0.1, -0.05) is 44.4 Å². The summed E-state index contributed by atoms with van der Waals surface area (Å²) >= 11 is 6.50. The lowest BCUT2D eigenvalue weighted by Gasteiger charge is -2.47. The summed E-state index contributed by atoms with van der Waals surface area (Å²) in [4.78, 5) is 15.5. The average molecular weight is 387 g/mol. The van der Waals surface area contributed by atoms with Crippen molar-refractivity contribution in [1.29, 1.82) is 0 Å². The van der Waals surface area contributed by atoms with Crippen molar-refractivity contribution in [2.24, 2.45) is 18.9 Å². The first-order valence-corrected chi connectivity index (χ1v) is 10.9. The Labute approximate surface area is 167 Å². The van der Waals surface area contributed by atoms with Crippen LogP contribution >= 0.6 is 11.6 Å². The number of likely N-dealkylation sites (tertiary alicyclic amines) is 1. The van der Waals surface area contributed by atoms with Crippen LogP contribution in [0, 0.1) is 11.8 Å². The van der Waals surface area contributed by atoms with E-state index in [1.54, 1.807) is 0 Å². The Balaban J connectivity index is 1.55. The monoisotopic (exact) mass is 386 g/mol. The highest BCUT2D eigenvalue weighted by molar-refractivity contribution is 6.35. The van der Waals surface area contributed by atoms with Gasteiger partial charge in [0, 0.05) is 43.2 Å². The van der Waals surface area contributed by atoms with Crippen LogP contribution in [0.15, 0.2) is 24.4 Å². The molecule has 0 N–H and O–H groups in total. The Kier molecular flexibility index (Phi) is 5.24. The van der Waals surface area contributed by atoms with Gasteiger partial charge in [-0.05, 0) is 54.7 Å². The molecule has 1 aliphatic heterocycles. The number of carbonyl (C=O) groups excluding carboxylic acids is 1. The van der Waals surface area contributed by atoms with Gasteiger partial charge in [0.1, 0.15) is 0 Å². The number of aryl methyl sites for hydroxylation is 1. The van der Waals surface area contributed by atoms with E-state index in [1.807, 2.05) is 12.1 Å². The maximum absolute atomic E-state index is 13.3. The minimum atomic E-state index is 0.169. The molecule has 0 radical (unpaired) electrons. The van der Waals surface area contributed by atoms with Gasteiger partial charge in [-0.25, -0.2) is 0 Å². The number of benzene rings is 1. The van der Waals surface area contributed by atoms with E-state index in [4.69, 9.17) is 11.6 Å². The molecule has 2 aliphatic rings. The van der Waals surface area contributed by atoms with Crippen molar-refractivity contribution in [1.82, 2.24) is 9.47 Å². The molecule has 1 aromatic heterocycles. The minimum absolute atomic E-state index is 0.169.